The Morgan fingerprint density at radius 3 is 1.77 bits per heavy atom. The van der Waals surface area contributed by atoms with E-state index in [1.807, 2.05) is 54.5 Å². The number of amides is 2. The summed E-state index contributed by atoms with van der Waals surface area (Å²) in [6, 6.07) is 6.89. The third kappa shape index (κ3) is 12.0. The average molecular weight is 632 g/mol. The molecule has 0 fully saturated rings. The van der Waals surface area contributed by atoms with Crippen molar-refractivity contribution in [1.29, 1.82) is 0 Å². The van der Waals surface area contributed by atoms with Gasteiger partial charge in [-0.1, -0.05) is 66.7 Å². The zero-order valence-corrected chi connectivity index (χ0v) is 28.1. The van der Waals surface area contributed by atoms with Crippen LogP contribution in [0, 0.1) is 11.3 Å². The third-order valence-corrected chi connectivity index (χ3v) is 8.29. The average Bonchev–Trinajstić information content (AvgIpc) is 2.88. The van der Waals surface area contributed by atoms with Crippen LogP contribution in [0.15, 0.2) is 40.8 Å². The van der Waals surface area contributed by atoms with Gasteiger partial charge >= 0.3 is 6.18 Å². The van der Waals surface area contributed by atoms with Crippen LogP contribution < -0.4 is 15.7 Å². The predicted molar refractivity (Wildman–Crippen MR) is 163 cm³/mol. The molecule has 0 aliphatic heterocycles. The molecule has 12 heteroatoms. The Balaban J connectivity index is 0.00000223. The molecule has 0 unspecified atom stereocenters. The van der Waals surface area contributed by atoms with Gasteiger partial charge in [0.2, 0.25) is 11.8 Å². The zero-order chi connectivity index (χ0) is 34.1. The molecule has 1 aromatic carbocycles. The van der Waals surface area contributed by atoms with Gasteiger partial charge in [0.15, 0.2) is 4.90 Å². The Bertz CT molecular complexity index is 1130. The molecule has 1 aromatic rings. The van der Waals surface area contributed by atoms with E-state index >= 15 is 0 Å². The molecular weight excluding hydrogens is 583 g/mol. The molecule has 2 N–H and O–H groups in total. The Morgan fingerprint density at radius 1 is 0.977 bits per heavy atom. The number of hydrogen-bond acceptors (Lipinski definition) is 6. The van der Waals surface area contributed by atoms with Crippen molar-refractivity contribution in [3.8, 4) is 0 Å². The number of carbonyl (C=O) groups is 4. The summed E-state index contributed by atoms with van der Waals surface area (Å²) in [4.78, 5) is 50.4. The third-order valence-electron chi connectivity index (χ3n) is 7.07. The smallest absolute Gasteiger partial charge is 0.430 e. The normalized spacial score (nSPS) is 14.8. The minimum absolute atomic E-state index is 0.101. The van der Waals surface area contributed by atoms with E-state index in [0.717, 1.165) is 11.8 Å². The fraction of sp³-hybridized carbons (Fsp3) is 0.613. The number of benzene rings is 1. The topological polar surface area (TPSA) is 119 Å². The Hall–Kier alpha value is -2.86. The Kier molecular flexibility index (Phi) is 15.2. The van der Waals surface area contributed by atoms with Gasteiger partial charge in [-0.2, -0.15) is 13.2 Å². The standard InChI is InChI=1S/C29H47N3O3S.C2HF3O2/c1-19(2)23(17-20(3)18-33)32(10)27(35)25(28(4,5)6)31-26(34)24(30-9)29(7,8)21-13-15-22(16-14-21)36(11)12;3-2(4,5)1(6)7/h13-19,23-25,30H,1-12H3;(H,6,7)/b20-17+;/t23-,24-,25-;/m1./s1. The summed E-state index contributed by atoms with van der Waals surface area (Å²) in [5, 5.41) is 15.1. The van der Waals surface area contributed by atoms with Crippen molar-refractivity contribution in [3.05, 3.63) is 41.5 Å². The van der Waals surface area contributed by atoms with Crippen molar-refractivity contribution in [1.82, 2.24) is 15.5 Å². The van der Waals surface area contributed by atoms with Gasteiger partial charge < -0.3 is 25.4 Å². The molecule has 0 spiro atoms. The van der Waals surface area contributed by atoms with E-state index in [2.05, 4.69) is 47.4 Å². The first-order valence-corrected chi connectivity index (χ1v) is 15.8. The van der Waals surface area contributed by atoms with Crippen molar-refractivity contribution in [2.24, 2.45) is 11.3 Å². The lowest BCUT2D eigenvalue weighted by atomic mass is 9.76. The highest BCUT2D eigenvalue weighted by Gasteiger charge is 2.41. The second-order valence-electron chi connectivity index (χ2n) is 12.6. The number of carboxylic acid groups (broad SMARTS) is 1. The molecule has 2 amide bonds. The number of allylic oxidation sites excluding steroid dienone is 1. The van der Waals surface area contributed by atoms with Gasteiger partial charge in [0.1, 0.15) is 30.8 Å². The van der Waals surface area contributed by atoms with Gasteiger partial charge in [-0.15, -0.1) is 0 Å². The van der Waals surface area contributed by atoms with Crippen LogP contribution in [-0.2, 0) is 35.5 Å². The van der Waals surface area contributed by atoms with E-state index in [1.165, 1.54) is 4.90 Å². The summed E-state index contributed by atoms with van der Waals surface area (Å²) >= 11 is 0. The first-order chi connectivity index (χ1) is 19.4. The number of alkyl halides is 3. The van der Waals surface area contributed by atoms with Crippen LogP contribution in [0.25, 0.3) is 0 Å². The molecule has 0 bridgehead atoms. The molecule has 244 valence electrons. The summed E-state index contributed by atoms with van der Waals surface area (Å²) in [7, 11) is 3.68. The molecule has 0 saturated heterocycles. The first-order valence-electron chi connectivity index (χ1n) is 13.8. The van der Waals surface area contributed by atoms with Crippen molar-refractivity contribution < 1.29 is 37.5 Å². The van der Waals surface area contributed by atoms with E-state index < -0.39 is 35.1 Å². The summed E-state index contributed by atoms with van der Waals surface area (Å²) in [5.74, 6) is -3.31. The minimum atomic E-state index is -5.19. The fourth-order valence-corrected chi connectivity index (χ4v) is 5.11. The van der Waals surface area contributed by atoms with Gasteiger partial charge in [0.05, 0.1) is 12.1 Å². The number of halogens is 3. The van der Waals surface area contributed by atoms with Crippen LogP contribution in [0.4, 0.5) is 13.2 Å². The van der Waals surface area contributed by atoms with Gasteiger partial charge in [-0.05, 0) is 48.6 Å². The van der Waals surface area contributed by atoms with E-state index in [4.69, 9.17) is 9.90 Å². The van der Waals surface area contributed by atoms with Crippen molar-refractivity contribution >= 4 is 35.0 Å². The maximum absolute atomic E-state index is 13.7. The molecule has 0 aliphatic carbocycles. The largest absolute Gasteiger partial charge is 0.542 e. The lowest BCUT2D eigenvalue weighted by molar-refractivity contribution is -0.344. The molecule has 0 heterocycles. The quantitative estimate of drug-likeness (QED) is 0.220. The second-order valence-corrected chi connectivity index (χ2v) is 14.7. The highest BCUT2D eigenvalue weighted by atomic mass is 32.2. The monoisotopic (exact) mass is 631 g/mol. The number of carbonyl (C=O) groups excluding carboxylic acids is 4. The van der Waals surface area contributed by atoms with Crippen LogP contribution >= 0.6 is 0 Å². The van der Waals surface area contributed by atoms with Crippen LogP contribution in [0.3, 0.4) is 0 Å². The summed E-state index contributed by atoms with van der Waals surface area (Å²) in [6.45, 7) is 15.7. The molecule has 43 heavy (non-hydrogen) atoms. The number of nitrogens with one attached hydrogen (secondary N) is 2. The lowest BCUT2D eigenvalue weighted by Crippen LogP contribution is -2.61. The predicted octanol–water partition coefficient (Wildman–Crippen LogP) is 3.25. The number of likely N-dealkylation sites (N-methyl/N-ethyl adjacent to an activating group) is 2. The van der Waals surface area contributed by atoms with E-state index in [9.17, 15) is 27.6 Å². The number of hydrogen-bond donors (Lipinski definition) is 2. The van der Waals surface area contributed by atoms with E-state index in [-0.39, 0.29) is 34.7 Å². The van der Waals surface area contributed by atoms with Crippen molar-refractivity contribution in [3.63, 3.8) is 0 Å². The highest BCUT2D eigenvalue weighted by Crippen LogP contribution is 2.30. The Labute approximate surface area is 257 Å². The summed E-state index contributed by atoms with van der Waals surface area (Å²) < 4.78 is 31.5. The maximum atomic E-state index is 13.7. The second kappa shape index (κ2) is 16.3. The molecule has 8 nitrogen and oxygen atoms in total. The minimum Gasteiger partial charge on any atom is -0.542 e. The molecule has 0 radical (unpaired) electrons. The summed E-state index contributed by atoms with van der Waals surface area (Å²) in [6.07, 6.45) is 1.79. The SMILES string of the molecule is CN[C@H](C(=O)N[C@H](C(=O)N(C)[C@H](/C=C(\C)C=O)C(C)C)C(C)(C)C)C(C)(C)c1ccc([S+](C)C)cc1.O=C([O-])C(F)(F)F. The molecule has 3 atom stereocenters. The number of aldehydes is 1. The fourth-order valence-electron chi connectivity index (χ4n) is 4.43. The van der Waals surface area contributed by atoms with Crippen molar-refractivity contribution in [2.75, 3.05) is 26.6 Å². The van der Waals surface area contributed by atoms with E-state index in [0.29, 0.717) is 5.57 Å². The molecule has 0 aliphatic rings. The molecule has 0 aromatic heterocycles. The van der Waals surface area contributed by atoms with Gasteiger partial charge in [-0.3, -0.25) is 14.4 Å². The van der Waals surface area contributed by atoms with Gasteiger partial charge in [0.25, 0.3) is 0 Å². The first kappa shape index (κ1) is 40.1. The summed E-state index contributed by atoms with van der Waals surface area (Å²) in [5.41, 5.74) is 0.592. The number of aliphatic carboxylic acids is 1. The molecule has 1 rings (SSSR count). The zero-order valence-electron chi connectivity index (χ0n) is 27.3. The van der Waals surface area contributed by atoms with Crippen LogP contribution in [0.2, 0.25) is 0 Å². The number of nitrogens with zero attached hydrogens (tertiary/aromatic N) is 1. The van der Waals surface area contributed by atoms with Crippen LogP contribution in [0.1, 0.15) is 61.0 Å². The van der Waals surface area contributed by atoms with Crippen LogP contribution in [-0.4, -0.2) is 79.9 Å². The number of rotatable bonds is 11. The van der Waals surface area contributed by atoms with Gasteiger partial charge in [-0.25, -0.2) is 0 Å². The lowest BCUT2D eigenvalue weighted by Gasteiger charge is -2.40. The molecule has 0 saturated carbocycles. The Morgan fingerprint density at radius 2 is 1.44 bits per heavy atom. The highest BCUT2D eigenvalue weighted by molar-refractivity contribution is 7.95. The van der Waals surface area contributed by atoms with Gasteiger partial charge in [0, 0.05) is 23.4 Å². The van der Waals surface area contributed by atoms with Crippen LogP contribution in [0.5, 0.6) is 0 Å². The van der Waals surface area contributed by atoms with Crippen molar-refractivity contribution in [2.45, 2.75) is 90.0 Å². The maximum Gasteiger partial charge on any atom is 0.430 e. The number of carboxylic acids is 1. The molecular formula is C31H48F3N3O5S. The van der Waals surface area contributed by atoms with E-state index in [1.54, 1.807) is 25.9 Å².